The van der Waals surface area contributed by atoms with E-state index >= 15 is 0 Å². The van der Waals surface area contributed by atoms with Crippen LogP contribution in [-0.4, -0.2) is 23.1 Å². The van der Waals surface area contributed by atoms with E-state index in [0.717, 1.165) is 21.3 Å². The lowest BCUT2D eigenvalue weighted by atomic mass is 10.1. The number of ether oxygens (including phenoxy) is 1. The van der Waals surface area contributed by atoms with Crippen molar-refractivity contribution in [2.24, 2.45) is 0 Å². The lowest BCUT2D eigenvalue weighted by Gasteiger charge is -2.12. The summed E-state index contributed by atoms with van der Waals surface area (Å²) in [5.41, 5.74) is 3.32. The highest BCUT2D eigenvalue weighted by Crippen LogP contribution is 2.33. The molecule has 0 saturated carbocycles. The van der Waals surface area contributed by atoms with Crippen LogP contribution in [0.1, 0.15) is 21.5 Å². The molecule has 2 aromatic carbocycles. The van der Waals surface area contributed by atoms with E-state index < -0.39 is 5.91 Å². The first-order valence-electron chi connectivity index (χ1n) is 7.82. The second-order valence-corrected chi connectivity index (χ2v) is 8.02. The highest BCUT2D eigenvalue weighted by atomic mass is 35.5. The third kappa shape index (κ3) is 4.16. The Morgan fingerprint density at radius 2 is 1.93 bits per heavy atom. The minimum absolute atomic E-state index is 0.118. The van der Waals surface area contributed by atoms with Crippen LogP contribution in [0, 0.1) is 13.8 Å². The number of amides is 1. The Balaban J connectivity index is 1.80. The fraction of sp³-hybridized carbons (Fsp3) is 0.167. The number of carbonyl (C=O) groups is 1. The van der Waals surface area contributed by atoms with Crippen LogP contribution < -0.4 is 15.4 Å². The van der Waals surface area contributed by atoms with Gasteiger partial charge in [-0.2, -0.15) is 0 Å². The van der Waals surface area contributed by atoms with Crippen LogP contribution in [0.2, 0.25) is 10.0 Å². The number of hydrogen-bond acceptors (Lipinski definition) is 5. The van der Waals surface area contributed by atoms with E-state index in [1.807, 2.05) is 19.9 Å². The summed E-state index contributed by atoms with van der Waals surface area (Å²) in [5, 5.41) is 6.83. The van der Waals surface area contributed by atoms with E-state index in [9.17, 15) is 4.79 Å². The fourth-order valence-corrected chi connectivity index (χ4v) is 4.39. The molecule has 0 radical (unpaired) electrons. The zero-order valence-corrected chi connectivity index (χ0v) is 17.8. The van der Waals surface area contributed by atoms with E-state index in [2.05, 4.69) is 21.7 Å². The molecule has 1 aromatic heterocycles. The summed E-state index contributed by atoms with van der Waals surface area (Å²) in [5.74, 6) is -0.255. The van der Waals surface area contributed by atoms with Crippen LogP contribution in [-0.2, 0) is 0 Å². The Kier molecular flexibility index (Phi) is 5.86. The van der Waals surface area contributed by atoms with E-state index in [0.29, 0.717) is 10.2 Å². The number of halogens is 2. The van der Waals surface area contributed by atoms with Crippen LogP contribution in [0.15, 0.2) is 24.3 Å². The first kappa shape index (κ1) is 19.8. The van der Waals surface area contributed by atoms with Gasteiger partial charge in [-0.05, 0) is 49.3 Å². The predicted octanol–water partition coefficient (Wildman–Crippen LogP) is 5.36. The number of thiocarbonyl (C=S) groups is 1. The van der Waals surface area contributed by atoms with Crippen LogP contribution >= 0.6 is 46.8 Å². The number of benzene rings is 2. The standard InChI is InChI=1S/C18H15Cl2N3O2S2/c1-8-4-5-9(2)15-13(8)21-18(27-15)23-17(26)22-16(24)11-6-10(19)7-12(20)14(11)25-3/h4-7H,1-3H3,(H2,21,22,23,24,26). The van der Waals surface area contributed by atoms with Crippen molar-refractivity contribution < 1.29 is 9.53 Å². The maximum atomic E-state index is 12.6. The van der Waals surface area contributed by atoms with Crippen LogP contribution in [0.4, 0.5) is 5.13 Å². The normalized spacial score (nSPS) is 10.7. The SMILES string of the molecule is COc1c(Cl)cc(Cl)cc1C(=O)NC(=S)Nc1nc2c(C)ccc(C)c2s1. The molecular formula is C18H15Cl2N3O2S2. The first-order chi connectivity index (χ1) is 12.8. The monoisotopic (exact) mass is 439 g/mol. The summed E-state index contributed by atoms with van der Waals surface area (Å²) in [6.45, 7) is 4.03. The molecule has 3 aromatic rings. The molecule has 3 rings (SSSR count). The Bertz CT molecular complexity index is 1030. The molecule has 0 unspecified atom stereocenters. The smallest absolute Gasteiger partial charge is 0.261 e. The van der Waals surface area contributed by atoms with Gasteiger partial charge >= 0.3 is 0 Å². The number of nitrogens with one attached hydrogen (secondary N) is 2. The Morgan fingerprint density at radius 3 is 2.59 bits per heavy atom. The summed E-state index contributed by atoms with van der Waals surface area (Å²) in [6.07, 6.45) is 0. The zero-order valence-electron chi connectivity index (χ0n) is 14.6. The van der Waals surface area contributed by atoms with E-state index in [1.54, 1.807) is 0 Å². The molecule has 0 atom stereocenters. The molecule has 0 fully saturated rings. The van der Waals surface area contributed by atoms with Crippen molar-refractivity contribution in [3.63, 3.8) is 0 Å². The average molecular weight is 440 g/mol. The zero-order chi connectivity index (χ0) is 19.7. The van der Waals surface area contributed by atoms with Crippen molar-refractivity contribution in [1.29, 1.82) is 0 Å². The van der Waals surface area contributed by atoms with Crippen LogP contribution in [0.25, 0.3) is 10.2 Å². The summed E-state index contributed by atoms with van der Waals surface area (Å²) in [4.78, 5) is 17.1. The van der Waals surface area contributed by atoms with Gasteiger partial charge in [0, 0.05) is 5.02 Å². The third-order valence-electron chi connectivity index (χ3n) is 3.85. The molecule has 0 bridgehead atoms. The molecule has 2 N–H and O–H groups in total. The quantitative estimate of drug-likeness (QED) is 0.538. The highest BCUT2D eigenvalue weighted by Gasteiger charge is 2.18. The third-order valence-corrected chi connectivity index (χ3v) is 5.66. The Hall–Kier alpha value is -1.93. The number of rotatable bonds is 3. The van der Waals surface area contributed by atoms with Gasteiger partial charge in [0.15, 0.2) is 10.2 Å². The number of hydrogen-bond donors (Lipinski definition) is 2. The number of fused-ring (bicyclic) bond motifs is 1. The van der Waals surface area contributed by atoms with Gasteiger partial charge in [0.25, 0.3) is 5.91 Å². The number of methoxy groups -OCH3 is 1. The lowest BCUT2D eigenvalue weighted by molar-refractivity contribution is 0.0975. The maximum absolute atomic E-state index is 12.6. The molecule has 0 aliphatic carbocycles. The maximum Gasteiger partial charge on any atom is 0.261 e. The van der Waals surface area contributed by atoms with E-state index in [-0.39, 0.29) is 21.4 Å². The van der Waals surface area contributed by atoms with Gasteiger partial charge in [-0.15, -0.1) is 0 Å². The minimum atomic E-state index is -0.484. The number of aryl methyl sites for hydroxylation is 2. The number of carbonyl (C=O) groups excluding carboxylic acids is 1. The topological polar surface area (TPSA) is 63.2 Å². The van der Waals surface area contributed by atoms with Gasteiger partial charge in [-0.1, -0.05) is 46.7 Å². The molecule has 5 nitrogen and oxygen atoms in total. The number of anilines is 1. The van der Waals surface area contributed by atoms with Gasteiger partial charge in [-0.25, -0.2) is 4.98 Å². The van der Waals surface area contributed by atoms with Gasteiger partial charge < -0.3 is 10.1 Å². The fourth-order valence-electron chi connectivity index (χ4n) is 2.55. The minimum Gasteiger partial charge on any atom is -0.494 e. The van der Waals surface area contributed by atoms with Crippen LogP contribution in [0.5, 0.6) is 5.75 Å². The van der Waals surface area contributed by atoms with Crippen molar-refractivity contribution in [2.45, 2.75) is 13.8 Å². The number of thiazole rings is 1. The summed E-state index contributed by atoms with van der Waals surface area (Å²) in [7, 11) is 1.42. The van der Waals surface area contributed by atoms with Crippen molar-refractivity contribution >= 4 is 73.1 Å². The summed E-state index contributed by atoms with van der Waals surface area (Å²) in [6, 6.07) is 7.04. The van der Waals surface area contributed by atoms with Gasteiger partial charge in [0.1, 0.15) is 5.75 Å². The van der Waals surface area contributed by atoms with E-state index in [1.165, 1.54) is 30.6 Å². The van der Waals surface area contributed by atoms with Crippen molar-refractivity contribution in [3.05, 3.63) is 51.0 Å². The second kappa shape index (κ2) is 7.98. The molecule has 1 amide bonds. The van der Waals surface area contributed by atoms with Gasteiger partial charge in [-0.3, -0.25) is 10.1 Å². The number of nitrogens with zero attached hydrogens (tertiary/aromatic N) is 1. The average Bonchev–Trinajstić information content (AvgIpc) is 3.02. The van der Waals surface area contributed by atoms with Crippen molar-refractivity contribution in [1.82, 2.24) is 10.3 Å². The van der Waals surface area contributed by atoms with Gasteiger partial charge in [0.05, 0.1) is 27.9 Å². The second-order valence-electron chi connectivity index (χ2n) is 5.77. The molecule has 27 heavy (non-hydrogen) atoms. The summed E-state index contributed by atoms with van der Waals surface area (Å²) < 4.78 is 6.27. The molecule has 0 aliphatic rings. The number of aromatic nitrogens is 1. The van der Waals surface area contributed by atoms with Crippen LogP contribution in [0.3, 0.4) is 0 Å². The molecule has 1 heterocycles. The molecule has 9 heteroatoms. The predicted molar refractivity (Wildman–Crippen MR) is 116 cm³/mol. The molecule has 140 valence electrons. The Morgan fingerprint density at radius 1 is 1.22 bits per heavy atom. The highest BCUT2D eigenvalue weighted by molar-refractivity contribution is 7.80. The van der Waals surface area contributed by atoms with E-state index in [4.69, 9.17) is 40.2 Å². The van der Waals surface area contributed by atoms with Crippen molar-refractivity contribution in [3.8, 4) is 5.75 Å². The van der Waals surface area contributed by atoms with Crippen molar-refractivity contribution in [2.75, 3.05) is 12.4 Å². The summed E-state index contributed by atoms with van der Waals surface area (Å²) >= 11 is 18.8. The van der Waals surface area contributed by atoms with Gasteiger partial charge in [0.2, 0.25) is 0 Å². The Labute approximate surface area is 175 Å². The molecule has 0 saturated heterocycles. The first-order valence-corrected chi connectivity index (χ1v) is 9.80. The molecule has 0 aliphatic heterocycles. The largest absolute Gasteiger partial charge is 0.494 e. The molecular weight excluding hydrogens is 425 g/mol. The molecule has 0 spiro atoms. The lowest BCUT2D eigenvalue weighted by Crippen LogP contribution is -2.34.